The van der Waals surface area contributed by atoms with E-state index in [1.807, 2.05) is 16.8 Å². The minimum Gasteiger partial charge on any atom is -0.497 e. The Kier molecular flexibility index (Phi) is 7.95. The predicted molar refractivity (Wildman–Crippen MR) is 133 cm³/mol. The zero-order valence-corrected chi connectivity index (χ0v) is 20.0. The van der Waals surface area contributed by atoms with Crippen LogP contribution in [0.4, 0.5) is 10.1 Å². The van der Waals surface area contributed by atoms with E-state index in [1.165, 1.54) is 34.8 Å². The van der Waals surface area contributed by atoms with Crippen LogP contribution in [0.2, 0.25) is 0 Å². The van der Waals surface area contributed by atoms with E-state index in [0.29, 0.717) is 17.0 Å². The highest BCUT2D eigenvalue weighted by molar-refractivity contribution is 7.08. The number of hydrogen-bond donors (Lipinski definition) is 1. The van der Waals surface area contributed by atoms with Gasteiger partial charge in [0.1, 0.15) is 17.6 Å². The van der Waals surface area contributed by atoms with Crippen molar-refractivity contribution in [2.75, 3.05) is 12.0 Å². The fourth-order valence-corrected chi connectivity index (χ4v) is 5.09. The van der Waals surface area contributed by atoms with Crippen LogP contribution in [0, 0.1) is 5.82 Å². The Bertz CT molecular complexity index is 1080. The fourth-order valence-electron chi connectivity index (χ4n) is 4.42. The van der Waals surface area contributed by atoms with E-state index in [9.17, 15) is 14.0 Å². The second-order valence-electron chi connectivity index (χ2n) is 8.57. The van der Waals surface area contributed by atoms with Gasteiger partial charge in [-0.3, -0.25) is 14.5 Å². The molecule has 34 heavy (non-hydrogen) atoms. The lowest BCUT2D eigenvalue weighted by Crippen LogP contribution is -2.47. The number of anilines is 1. The number of benzene rings is 2. The maximum atomic E-state index is 13.7. The molecular formula is C27H29FN2O3S. The van der Waals surface area contributed by atoms with Gasteiger partial charge in [-0.15, -0.1) is 0 Å². The van der Waals surface area contributed by atoms with Crippen molar-refractivity contribution >= 4 is 28.8 Å². The number of halogens is 1. The van der Waals surface area contributed by atoms with Crippen molar-refractivity contribution in [3.63, 3.8) is 0 Å². The van der Waals surface area contributed by atoms with Crippen LogP contribution in [-0.2, 0) is 16.0 Å². The van der Waals surface area contributed by atoms with Crippen LogP contribution < -0.4 is 15.0 Å². The third-order valence-electron chi connectivity index (χ3n) is 6.20. The van der Waals surface area contributed by atoms with Crippen LogP contribution >= 0.6 is 11.3 Å². The molecule has 4 rings (SSSR count). The molecule has 7 heteroatoms. The van der Waals surface area contributed by atoms with Crippen LogP contribution in [0.1, 0.15) is 49.3 Å². The monoisotopic (exact) mass is 480 g/mol. The quantitative estimate of drug-likeness (QED) is 0.453. The standard InChI is InChI=1S/C27H29FN2O3S/c1-33-24-13-11-23(12-14-24)30(25(31)17-19-15-16-34-18-19)26(20-7-9-21(28)10-8-20)27(32)29-22-5-3-2-4-6-22/h7-16,18,22,26H,2-6,17H2,1H3,(H,29,32)/t26-/m1/s1. The van der Waals surface area contributed by atoms with E-state index in [0.717, 1.165) is 31.2 Å². The highest BCUT2D eigenvalue weighted by Gasteiger charge is 2.34. The molecule has 2 aromatic carbocycles. The molecule has 0 aliphatic heterocycles. The molecule has 1 aliphatic carbocycles. The number of ether oxygens (including phenoxy) is 1. The zero-order valence-electron chi connectivity index (χ0n) is 19.2. The molecule has 0 radical (unpaired) electrons. The SMILES string of the molecule is COc1ccc(N(C(=O)Cc2ccsc2)[C@@H](C(=O)NC2CCCCC2)c2ccc(F)cc2)cc1. The average Bonchev–Trinajstić information content (AvgIpc) is 3.37. The first-order valence-electron chi connectivity index (χ1n) is 11.6. The first-order valence-corrected chi connectivity index (χ1v) is 12.5. The van der Waals surface area contributed by atoms with E-state index in [1.54, 1.807) is 43.5 Å². The topological polar surface area (TPSA) is 58.6 Å². The molecule has 1 N–H and O–H groups in total. The van der Waals surface area contributed by atoms with Gasteiger partial charge >= 0.3 is 0 Å². The third-order valence-corrected chi connectivity index (χ3v) is 6.93. The van der Waals surface area contributed by atoms with Crippen LogP contribution in [0.5, 0.6) is 5.75 Å². The van der Waals surface area contributed by atoms with Crippen molar-refractivity contribution in [1.29, 1.82) is 0 Å². The number of amides is 2. The average molecular weight is 481 g/mol. The minimum atomic E-state index is -0.929. The zero-order chi connectivity index (χ0) is 23.9. The molecule has 1 saturated carbocycles. The van der Waals surface area contributed by atoms with E-state index in [4.69, 9.17) is 4.74 Å². The third kappa shape index (κ3) is 5.83. The number of nitrogens with one attached hydrogen (secondary N) is 1. The Morgan fingerprint density at radius 1 is 1.06 bits per heavy atom. The first-order chi connectivity index (χ1) is 16.5. The Labute approximate surface area is 203 Å². The Morgan fingerprint density at radius 2 is 1.76 bits per heavy atom. The molecule has 0 spiro atoms. The number of carbonyl (C=O) groups excluding carboxylic acids is 2. The van der Waals surface area contributed by atoms with Crippen molar-refractivity contribution in [3.05, 3.63) is 82.3 Å². The summed E-state index contributed by atoms with van der Waals surface area (Å²) >= 11 is 1.52. The maximum Gasteiger partial charge on any atom is 0.248 e. The van der Waals surface area contributed by atoms with Gasteiger partial charge in [0.05, 0.1) is 13.5 Å². The number of carbonyl (C=O) groups is 2. The lowest BCUT2D eigenvalue weighted by Gasteiger charge is -2.33. The summed E-state index contributed by atoms with van der Waals surface area (Å²) in [6, 6.07) is 13.9. The summed E-state index contributed by atoms with van der Waals surface area (Å²) in [5.74, 6) is -0.209. The molecule has 3 aromatic rings. The van der Waals surface area contributed by atoms with Gasteiger partial charge in [-0.05, 0) is 77.2 Å². The van der Waals surface area contributed by atoms with Gasteiger partial charge in [0.25, 0.3) is 0 Å². The number of thiophene rings is 1. The van der Waals surface area contributed by atoms with Gasteiger partial charge in [-0.1, -0.05) is 31.4 Å². The lowest BCUT2D eigenvalue weighted by molar-refractivity contribution is -0.127. The minimum absolute atomic E-state index is 0.0777. The predicted octanol–water partition coefficient (Wildman–Crippen LogP) is 5.66. The molecule has 1 aromatic heterocycles. The van der Waals surface area contributed by atoms with Crippen LogP contribution in [0.3, 0.4) is 0 Å². The molecule has 0 bridgehead atoms. The molecule has 1 heterocycles. The second-order valence-corrected chi connectivity index (χ2v) is 9.35. The van der Waals surface area contributed by atoms with E-state index in [2.05, 4.69) is 5.32 Å². The summed E-state index contributed by atoms with van der Waals surface area (Å²) < 4.78 is 19.0. The van der Waals surface area contributed by atoms with Gasteiger partial charge in [0, 0.05) is 11.7 Å². The highest BCUT2D eigenvalue weighted by Crippen LogP contribution is 2.31. The number of nitrogens with zero attached hydrogens (tertiary/aromatic N) is 1. The maximum absolute atomic E-state index is 13.7. The fraction of sp³-hybridized carbons (Fsp3) is 0.333. The van der Waals surface area contributed by atoms with Gasteiger partial charge in [0.15, 0.2) is 0 Å². The molecular weight excluding hydrogens is 451 g/mol. The Morgan fingerprint density at radius 3 is 2.38 bits per heavy atom. The summed E-state index contributed by atoms with van der Waals surface area (Å²) in [6.07, 6.45) is 5.33. The van der Waals surface area contributed by atoms with Crippen LogP contribution in [-0.4, -0.2) is 25.0 Å². The summed E-state index contributed by atoms with van der Waals surface area (Å²) in [5.41, 5.74) is 2.03. The van der Waals surface area contributed by atoms with Crippen LogP contribution in [0.25, 0.3) is 0 Å². The van der Waals surface area contributed by atoms with Crippen molar-refractivity contribution in [1.82, 2.24) is 5.32 Å². The Balaban J connectivity index is 1.73. The van der Waals surface area contributed by atoms with E-state index >= 15 is 0 Å². The summed E-state index contributed by atoms with van der Waals surface area (Å²) in [6.45, 7) is 0. The summed E-state index contributed by atoms with van der Waals surface area (Å²) in [5, 5.41) is 7.02. The van der Waals surface area contributed by atoms with Crippen molar-refractivity contribution < 1.29 is 18.7 Å². The van der Waals surface area contributed by atoms with Crippen LogP contribution in [0.15, 0.2) is 65.4 Å². The second kappa shape index (κ2) is 11.3. The smallest absolute Gasteiger partial charge is 0.248 e. The van der Waals surface area contributed by atoms with Gasteiger partial charge in [0.2, 0.25) is 11.8 Å². The molecule has 1 atom stereocenters. The van der Waals surface area contributed by atoms with Crippen molar-refractivity contribution in [2.45, 2.75) is 50.6 Å². The molecule has 2 amide bonds. The summed E-state index contributed by atoms with van der Waals surface area (Å²) in [7, 11) is 1.58. The molecule has 0 saturated heterocycles. The molecule has 1 aliphatic rings. The highest BCUT2D eigenvalue weighted by atomic mass is 32.1. The summed E-state index contributed by atoms with van der Waals surface area (Å²) in [4.78, 5) is 28.9. The van der Waals surface area contributed by atoms with Crippen molar-refractivity contribution in [3.8, 4) is 5.75 Å². The van der Waals surface area contributed by atoms with E-state index in [-0.39, 0.29) is 24.3 Å². The molecule has 5 nitrogen and oxygen atoms in total. The lowest BCUT2D eigenvalue weighted by atomic mass is 9.94. The largest absolute Gasteiger partial charge is 0.497 e. The molecule has 0 unspecified atom stereocenters. The number of hydrogen-bond acceptors (Lipinski definition) is 4. The van der Waals surface area contributed by atoms with E-state index < -0.39 is 11.9 Å². The van der Waals surface area contributed by atoms with Gasteiger partial charge < -0.3 is 10.1 Å². The van der Waals surface area contributed by atoms with Crippen molar-refractivity contribution in [2.24, 2.45) is 0 Å². The normalized spacial score (nSPS) is 14.9. The number of rotatable bonds is 8. The number of methoxy groups -OCH3 is 1. The first kappa shape index (κ1) is 24.0. The molecule has 1 fully saturated rings. The molecule has 178 valence electrons. The van der Waals surface area contributed by atoms with Gasteiger partial charge in [-0.2, -0.15) is 11.3 Å². The van der Waals surface area contributed by atoms with Gasteiger partial charge in [-0.25, -0.2) is 4.39 Å². The Hall–Kier alpha value is -3.19.